The minimum atomic E-state index is 0.108. The third-order valence-corrected chi connectivity index (χ3v) is 6.58. The van der Waals surface area contributed by atoms with Crippen LogP contribution in [0.4, 0.5) is 0 Å². The van der Waals surface area contributed by atoms with E-state index in [1.807, 2.05) is 0 Å². The average molecular weight is 397 g/mol. The lowest BCUT2D eigenvalue weighted by molar-refractivity contribution is -0.0439. The standard InChI is InChI=1S/C27H56O/c1-7-9-10-11-12-13-14-15-16-17-24-28-27(6,8-2)23-19-22-26(5)21-18-20-25(3)4/h25-26H,7-24H2,1-6H3. The van der Waals surface area contributed by atoms with Gasteiger partial charge >= 0.3 is 0 Å². The van der Waals surface area contributed by atoms with E-state index in [1.54, 1.807) is 0 Å². The largest absolute Gasteiger partial charge is 0.375 e. The van der Waals surface area contributed by atoms with Gasteiger partial charge in [0.2, 0.25) is 0 Å². The molecule has 0 aromatic rings. The first-order chi connectivity index (χ1) is 13.4. The van der Waals surface area contributed by atoms with Gasteiger partial charge in [0.05, 0.1) is 5.60 Å². The Balaban J connectivity index is 3.63. The lowest BCUT2D eigenvalue weighted by atomic mass is 9.90. The number of unbranched alkanes of at least 4 members (excludes halogenated alkanes) is 9. The Morgan fingerprint density at radius 3 is 1.71 bits per heavy atom. The normalized spacial score (nSPS) is 15.1. The molecule has 0 radical (unpaired) electrons. The quantitative estimate of drug-likeness (QED) is 0.175. The second kappa shape index (κ2) is 19.0. The zero-order chi connectivity index (χ0) is 21.1. The van der Waals surface area contributed by atoms with Crippen LogP contribution in [-0.2, 0) is 4.74 Å². The lowest BCUT2D eigenvalue weighted by Crippen LogP contribution is -2.28. The molecule has 0 heterocycles. The molecule has 170 valence electrons. The fourth-order valence-electron chi connectivity index (χ4n) is 4.10. The molecule has 0 aliphatic rings. The van der Waals surface area contributed by atoms with E-state index in [0.717, 1.165) is 24.9 Å². The SMILES string of the molecule is CCCCCCCCCCCCOC(C)(CC)CCCC(C)CCCC(C)C. The zero-order valence-electron chi connectivity index (χ0n) is 20.8. The average Bonchev–Trinajstić information content (AvgIpc) is 2.66. The Hall–Kier alpha value is -0.0400. The smallest absolute Gasteiger partial charge is 0.0651 e. The fraction of sp³-hybridized carbons (Fsp3) is 1.00. The molecule has 0 amide bonds. The summed E-state index contributed by atoms with van der Waals surface area (Å²) in [6.45, 7) is 15.0. The molecule has 0 saturated heterocycles. The first-order valence-corrected chi connectivity index (χ1v) is 13.1. The summed E-state index contributed by atoms with van der Waals surface area (Å²) in [4.78, 5) is 0. The van der Waals surface area contributed by atoms with Crippen LogP contribution in [0.15, 0.2) is 0 Å². The van der Waals surface area contributed by atoms with Crippen LogP contribution >= 0.6 is 0 Å². The van der Waals surface area contributed by atoms with Crippen molar-refractivity contribution in [2.75, 3.05) is 6.61 Å². The van der Waals surface area contributed by atoms with Gasteiger partial charge in [-0.15, -0.1) is 0 Å². The van der Waals surface area contributed by atoms with Crippen LogP contribution in [0.3, 0.4) is 0 Å². The molecule has 0 aliphatic heterocycles. The molecule has 0 bridgehead atoms. The van der Waals surface area contributed by atoms with Gasteiger partial charge in [-0.3, -0.25) is 0 Å². The van der Waals surface area contributed by atoms with Crippen molar-refractivity contribution in [3.05, 3.63) is 0 Å². The maximum Gasteiger partial charge on any atom is 0.0651 e. The summed E-state index contributed by atoms with van der Waals surface area (Å²) in [7, 11) is 0. The molecule has 0 aliphatic carbocycles. The van der Waals surface area contributed by atoms with E-state index < -0.39 is 0 Å². The fourth-order valence-corrected chi connectivity index (χ4v) is 4.10. The van der Waals surface area contributed by atoms with Crippen LogP contribution in [-0.4, -0.2) is 12.2 Å². The van der Waals surface area contributed by atoms with E-state index in [9.17, 15) is 0 Å². The molecule has 1 heteroatoms. The zero-order valence-corrected chi connectivity index (χ0v) is 20.8. The second-order valence-corrected chi connectivity index (χ2v) is 10.2. The third kappa shape index (κ3) is 18.0. The summed E-state index contributed by atoms with van der Waals surface area (Å²) in [5.41, 5.74) is 0.108. The minimum absolute atomic E-state index is 0.108. The Morgan fingerprint density at radius 1 is 0.643 bits per heavy atom. The predicted octanol–water partition coefficient (Wildman–Crippen LogP) is 9.73. The van der Waals surface area contributed by atoms with Crippen LogP contribution in [0, 0.1) is 11.8 Å². The van der Waals surface area contributed by atoms with Crippen molar-refractivity contribution in [1.82, 2.24) is 0 Å². The molecular weight excluding hydrogens is 340 g/mol. The highest BCUT2D eigenvalue weighted by Gasteiger charge is 2.22. The van der Waals surface area contributed by atoms with Gasteiger partial charge < -0.3 is 4.74 Å². The molecule has 28 heavy (non-hydrogen) atoms. The van der Waals surface area contributed by atoms with Crippen molar-refractivity contribution < 1.29 is 4.74 Å². The molecule has 0 rings (SSSR count). The molecule has 0 saturated carbocycles. The first-order valence-electron chi connectivity index (χ1n) is 13.1. The van der Waals surface area contributed by atoms with E-state index in [4.69, 9.17) is 4.74 Å². The van der Waals surface area contributed by atoms with Crippen LogP contribution in [0.5, 0.6) is 0 Å². The molecule has 2 unspecified atom stereocenters. The van der Waals surface area contributed by atoms with Gasteiger partial charge in [0.1, 0.15) is 0 Å². The van der Waals surface area contributed by atoms with Crippen molar-refractivity contribution in [1.29, 1.82) is 0 Å². The number of ether oxygens (including phenoxy) is 1. The van der Waals surface area contributed by atoms with E-state index >= 15 is 0 Å². The van der Waals surface area contributed by atoms with Crippen molar-refractivity contribution in [3.8, 4) is 0 Å². The van der Waals surface area contributed by atoms with Crippen molar-refractivity contribution in [2.45, 2.75) is 156 Å². The summed E-state index contributed by atoms with van der Waals surface area (Å²) in [6.07, 6.45) is 23.2. The van der Waals surface area contributed by atoms with E-state index in [1.165, 1.54) is 103 Å². The first kappa shape index (κ1) is 28.0. The van der Waals surface area contributed by atoms with Crippen LogP contribution in [0.25, 0.3) is 0 Å². The summed E-state index contributed by atoms with van der Waals surface area (Å²) in [6, 6.07) is 0. The van der Waals surface area contributed by atoms with Gasteiger partial charge in [0.15, 0.2) is 0 Å². The molecule has 0 aromatic heterocycles. The maximum absolute atomic E-state index is 6.35. The molecule has 2 atom stereocenters. The van der Waals surface area contributed by atoms with Gasteiger partial charge in [0, 0.05) is 6.61 Å². The van der Waals surface area contributed by atoms with E-state index in [-0.39, 0.29) is 5.60 Å². The highest BCUT2D eigenvalue weighted by molar-refractivity contribution is 4.74. The summed E-state index contributed by atoms with van der Waals surface area (Å²) in [5, 5.41) is 0. The number of hydrogen-bond acceptors (Lipinski definition) is 1. The number of hydrogen-bond donors (Lipinski definition) is 0. The van der Waals surface area contributed by atoms with Gasteiger partial charge in [-0.1, -0.05) is 125 Å². The molecule has 0 spiro atoms. The number of rotatable bonds is 21. The third-order valence-electron chi connectivity index (χ3n) is 6.58. The molecular formula is C27H56O. The van der Waals surface area contributed by atoms with Gasteiger partial charge in [-0.25, -0.2) is 0 Å². The van der Waals surface area contributed by atoms with Gasteiger partial charge in [0.25, 0.3) is 0 Å². The second-order valence-electron chi connectivity index (χ2n) is 10.2. The maximum atomic E-state index is 6.35. The molecule has 0 fully saturated rings. The van der Waals surface area contributed by atoms with Crippen molar-refractivity contribution >= 4 is 0 Å². The minimum Gasteiger partial charge on any atom is -0.375 e. The van der Waals surface area contributed by atoms with E-state index in [2.05, 4.69) is 41.5 Å². The van der Waals surface area contributed by atoms with Crippen molar-refractivity contribution in [3.63, 3.8) is 0 Å². The molecule has 1 nitrogen and oxygen atoms in total. The summed E-state index contributed by atoms with van der Waals surface area (Å²) < 4.78 is 6.35. The Labute approximate surface area is 179 Å². The summed E-state index contributed by atoms with van der Waals surface area (Å²) >= 11 is 0. The Kier molecular flexibility index (Phi) is 18.9. The van der Waals surface area contributed by atoms with Gasteiger partial charge in [-0.2, -0.15) is 0 Å². The predicted molar refractivity (Wildman–Crippen MR) is 128 cm³/mol. The van der Waals surface area contributed by atoms with Crippen molar-refractivity contribution in [2.24, 2.45) is 11.8 Å². The topological polar surface area (TPSA) is 9.23 Å². The lowest BCUT2D eigenvalue weighted by Gasteiger charge is -2.29. The van der Waals surface area contributed by atoms with Crippen LogP contribution < -0.4 is 0 Å². The van der Waals surface area contributed by atoms with Crippen LogP contribution in [0.1, 0.15) is 151 Å². The Morgan fingerprint density at radius 2 is 1.18 bits per heavy atom. The van der Waals surface area contributed by atoms with E-state index in [0.29, 0.717) is 0 Å². The molecule has 0 aromatic carbocycles. The summed E-state index contributed by atoms with van der Waals surface area (Å²) in [5.74, 6) is 1.73. The Bertz CT molecular complexity index is 311. The highest BCUT2D eigenvalue weighted by Crippen LogP contribution is 2.26. The highest BCUT2D eigenvalue weighted by atomic mass is 16.5. The molecule has 0 N–H and O–H groups in total. The van der Waals surface area contributed by atoms with Crippen LogP contribution in [0.2, 0.25) is 0 Å². The monoisotopic (exact) mass is 396 g/mol. The van der Waals surface area contributed by atoms with Gasteiger partial charge in [-0.05, 0) is 38.0 Å².